The average molecular weight is 267 g/mol. The van der Waals surface area contributed by atoms with Crippen molar-refractivity contribution in [1.82, 2.24) is 0 Å². The third-order valence-corrected chi connectivity index (χ3v) is 6.58. The Hall–Kier alpha value is 0.610. The highest BCUT2D eigenvalue weighted by atomic mass is 32.2. The normalized spacial score (nSPS) is 14.9. The van der Waals surface area contributed by atoms with Gasteiger partial charge in [-0.1, -0.05) is 0 Å². The first kappa shape index (κ1) is 14.6. The minimum absolute atomic E-state index is 0.637. The van der Waals surface area contributed by atoms with Gasteiger partial charge in [-0.05, 0) is 10.9 Å². The molecular formula is C4H13O7P2S+. The van der Waals surface area contributed by atoms with Crippen molar-refractivity contribution in [3.05, 3.63) is 0 Å². The summed E-state index contributed by atoms with van der Waals surface area (Å²) in [5, 5.41) is 6.08. The number of hydrogen-bond donors (Lipinski definition) is 5. The van der Waals surface area contributed by atoms with Crippen molar-refractivity contribution in [3.8, 4) is 0 Å². The first-order valence-electron chi connectivity index (χ1n) is 3.29. The van der Waals surface area contributed by atoms with Gasteiger partial charge in [-0.2, -0.15) is 0 Å². The van der Waals surface area contributed by atoms with Gasteiger partial charge in [-0.3, -0.25) is 9.13 Å². The molecule has 7 nitrogen and oxygen atoms in total. The number of aliphatic hydroxyl groups is 1. The van der Waals surface area contributed by atoms with Crippen LogP contribution in [0, 0.1) is 0 Å². The second-order valence-corrected chi connectivity index (χ2v) is 9.26. The number of rotatable bonds is 4. The lowest BCUT2D eigenvalue weighted by Gasteiger charge is -2.26. The lowest BCUT2D eigenvalue weighted by Crippen LogP contribution is -2.36. The van der Waals surface area contributed by atoms with E-state index in [1.807, 2.05) is 0 Å². The standard InChI is InChI=1S/C4H12O7P2S/c1-14(2)3-4(5,12(6,7)8)13(9,10)11/h5H,3H2,1-2H3,(H3-,6,7,8,9,10,11)/p+1. The summed E-state index contributed by atoms with van der Waals surface area (Å²) in [6, 6.07) is 0. The summed E-state index contributed by atoms with van der Waals surface area (Å²) in [5.41, 5.74) is 0. The summed E-state index contributed by atoms with van der Waals surface area (Å²) in [4.78, 5) is 34.8. The van der Waals surface area contributed by atoms with Gasteiger partial charge in [0.15, 0.2) is 5.75 Å². The molecule has 0 bridgehead atoms. The van der Waals surface area contributed by atoms with E-state index in [1.165, 1.54) is 12.5 Å². The highest BCUT2D eigenvalue weighted by Crippen LogP contribution is 2.67. The van der Waals surface area contributed by atoms with Gasteiger partial charge in [0.1, 0.15) is 0 Å². The molecule has 10 heteroatoms. The molecule has 0 aliphatic carbocycles. The molecule has 0 saturated carbocycles. The summed E-state index contributed by atoms with van der Waals surface area (Å²) < 4.78 is 21.6. The van der Waals surface area contributed by atoms with Crippen LogP contribution in [0.4, 0.5) is 0 Å². The van der Waals surface area contributed by atoms with Crippen LogP contribution in [0.15, 0.2) is 0 Å². The smallest absolute Gasteiger partial charge is 0.364 e. The topological polar surface area (TPSA) is 135 Å². The Morgan fingerprint density at radius 3 is 1.43 bits per heavy atom. The highest BCUT2D eigenvalue weighted by Gasteiger charge is 2.62. The third-order valence-electron chi connectivity index (χ3n) is 1.42. The summed E-state index contributed by atoms with van der Waals surface area (Å²) in [7, 11) is -11.2. The van der Waals surface area contributed by atoms with E-state index < -0.39 is 36.9 Å². The second-order valence-electron chi connectivity index (χ2n) is 2.99. The lowest BCUT2D eigenvalue weighted by atomic mass is 10.8. The van der Waals surface area contributed by atoms with Gasteiger partial charge in [0.05, 0.1) is 12.5 Å². The second kappa shape index (κ2) is 4.23. The minimum atomic E-state index is -5.26. The lowest BCUT2D eigenvalue weighted by molar-refractivity contribution is 0.149. The Morgan fingerprint density at radius 1 is 1.07 bits per heavy atom. The molecule has 0 radical (unpaired) electrons. The van der Waals surface area contributed by atoms with Gasteiger partial charge in [0, 0.05) is 0 Å². The summed E-state index contributed by atoms with van der Waals surface area (Å²) >= 11 is 0. The van der Waals surface area contributed by atoms with Gasteiger partial charge in [-0.25, -0.2) is 0 Å². The van der Waals surface area contributed by atoms with Crippen LogP contribution in [0.1, 0.15) is 0 Å². The summed E-state index contributed by atoms with van der Waals surface area (Å²) in [6.07, 6.45) is 3.02. The SMILES string of the molecule is C[S+](C)CC(O)(P(=O)(O)O)P(=O)(O)O. The van der Waals surface area contributed by atoms with Gasteiger partial charge in [-0.15, -0.1) is 0 Å². The summed E-state index contributed by atoms with van der Waals surface area (Å²) in [6.45, 7) is 0. The van der Waals surface area contributed by atoms with Gasteiger partial charge in [0.25, 0.3) is 0 Å². The molecule has 0 atom stereocenters. The van der Waals surface area contributed by atoms with Crippen molar-refractivity contribution in [3.63, 3.8) is 0 Å². The molecular weight excluding hydrogens is 254 g/mol. The predicted molar refractivity (Wildman–Crippen MR) is 53.1 cm³/mol. The molecule has 0 aromatic heterocycles. The van der Waals surface area contributed by atoms with E-state index in [0.29, 0.717) is 0 Å². The first-order valence-corrected chi connectivity index (χ1v) is 8.73. The molecule has 0 aromatic rings. The fourth-order valence-electron chi connectivity index (χ4n) is 0.725. The zero-order valence-electron chi connectivity index (χ0n) is 7.56. The molecule has 86 valence electrons. The van der Waals surface area contributed by atoms with Crippen LogP contribution in [0.5, 0.6) is 0 Å². The fraction of sp³-hybridized carbons (Fsp3) is 1.00. The van der Waals surface area contributed by atoms with Crippen molar-refractivity contribution >= 4 is 26.1 Å². The molecule has 0 fully saturated rings. The molecule has 0 aliphatic heterocycles. The molecule has 0 spiro atoms. The van der Waals surface area contributed by atoms with E-state index in [9.17, 15) is 14.2 Å². The van der Waals surface area contributed by atoms with Crippen LogP contribution >= 0.6 is 15.2 Å². The minimum Gasteiger partial charge on any atom is -0.364 e. The maximum Gasteiger partial charge on any atom is 0.374 e. The zero-order valence-corrected chi connectivity index (χ0v) is 10.2. The van der Waals surface area contributed by atoms with Crippen molar-refractivity contribution < 1.29 is 33.8 Å². The predicted octanol–water partition coefficient (Wildman–Crippen LogP) is -1.13. The molecule has 0 heterocycles. The van der Waals surface area contributed by atoms with E-state index in [4.69, 9.17) is 19.6 Å². The Morgan fingerprint density at radius 2 is 1.36 bits per heavy atom. The maximum absolute atomic E-state index is 10.8. The third kappa shape index (κ3) is 3.05. The average Bonchev–Trinajstić information content (AvgIpc) is 1.79. The van der Waals surface area contributed by atoms with Crippen molar-refractivity contribution in [2.75, 3.05) is 18.3 Å². The largest absolute Gasteiger partial charge is 0.374 e. The molecule has 0 aromatic carbocycles. The van der Waals surface area contributed by atoms with Gasteiger partial charge >= 0.3 is 20.3 Å². The van der Waals surface area contributed by atoms with Crippen molar-refractivity contribution in [2.24, 2.45) is 0 Å². The molecule has 0 rings (SSSR count). The molecule has 14 heavy (non-hydrogen) atoms. The fourth-order valence-corrected chi connectivity index (χ4v) is 5.75. The van der Waals surface area contributed by atoms with E-state index in [-0.39, 0.29) is 0 Å². The molecule has 0 unspecified atom stereocenters. The zero-order chi connectivity index (χ0) is 11.8. The van der Waals surface area contributed by atoms with Crippen LogP contribution < -0.4 is 0 Å². The van der Waals surface area contributed by atoms with Crippen LogP contribution in [-0.2, 0) is 20.0 Å². The van der Waals surface area contributed by atoms with E-state index >= 15 is 0 Å². The van der Waals surface area contributed by atoms with E-state index in [1.54, 1.807) is 0 Å². The quantitative estimate of drug-likeness (QED) is 0.321. The van der Waals surface area contributed by atoms with Crippen LogP contribution in [0.25, 0.3) is 0 Å². The molecule has 5 N–H and O–H groups in total. The van der Waals surface area contributed by atoms with Crippen molar-refractivity contribution in [1.29, 1.82) is 0 Å². The summed E-state index contributed by atoms with van der Waals surface area (Å²) in [5.74, 6) is -0.637. The first-order chi connectivity index (χ1) is 5.92. The van der Waals surface area contributed by atoms with Crippen LogP contribution in [0.3, 0.4) is 0 Å². The maximum atomic E-state index is 10.8. The number of hydrogen-bond acceptors (Lipinski definition) is 3. The van der Waals surface area contributed by atoms with E-state index in [2.05, 4.69) is 0 Å². The molecule has 0 aliphatic rings. The Kier molecular flexibility index (Phi) is 4.42. The monoisotopic (exact) mass is 267 g/mol. The highest BCUT2D eigenvalue weighted by molar-refractivity contribution is 7.96. The van der Waals surface area contributed by atoms with Crippen LogP contribution in [0.2, 0.25) is 0 Å². The van der Waals surface area contributed by atoms with Gasteiger partial charge < -0.3 is 24.7 Å². The Balaban J connectivity index is 5.30. The van der Waals surface area contributed by atoms with Crippen LogP contribution in [-0.4, -0.2) is 48.0 Å². The van der Waals surface area contributed by atoms with Crippen molar-refractivity contribution in [2.45, 2.75) is 5.08 Å². The molecule has 0 saturated heterocycles. The Bertz CT molecular complexity index is 268. The molecule has 0 amide bonds. The Labute approximate surface area is 83.8 Å². The van der Waals surface area contributed by atoms with Gasteiger partial charge in [0.2, 0.25) is 0 Å². The van der Waals surface area contributed by atoms with E-state index in [0.717, 1.165) is 0 Å².